The summed E-state index contributed by atoms with van der Waals surface area (Å²) in [7, 11) is 0. The summed E-state index contributed by atoms with van der Waals surface area (Å²) in [6.45, 7) is 3.56. The molecule has 2 aromatic carbocycles. The van der Waals surface area contributed by atoms with E-state index in [1.54, 1.807) is 56.3 Å². The van der Waals surface area contributed by atoms with Crippen molar-refractivity contribution in [1.82, 2.24) is 14.8 Å². The molecule has 8 heteroatoms. The van der Waals surface area contributed by atoms with E-state index in [0.717, 1.165) is 0 Å². The molecular weight excluding hydrogens is 368 g/mol. The van der Waals surface area contributed by atoms with E-state index >= 15 is 0 Å². The SMILES string of the molecule is CC(C)OC(=O)c1ccc(NC(=O)c2c(Cl)cccc2-n2cncn2)cc1. The second-order valence-electron chi connectivity index (χ2n) is 5.96. The van der Waals surface area contributed by atoms with Crippen molar-refractivity contribution < 1.29 is 14.3 Å². The third-order valence-electron chi connectivity index (χ3n) is 3.61. The number of ether oxygens (including phenoxy) is 1. The van der Waals surface area contributed by atoms with Crippen molar-refractivity contribution in [1.29, 1.82) is 0 Å². The van der Waals surface area contributed by atoms with E-state index in [1.165, 1.54) is 17.3 Å². The third-order valence-corrected chi connectivity index (χ3v) is 3.92. The van der Waals surface area contributed by atoms with Crippen molar-refractivity contribution in [2.75, 3.05) is 5.32 Å². The Labute approximate surface area is 160 Å². The third kappa shape index (κ3) is 4.32. The Hall–Kier alpha value is -3.19. The summed E-state index contributed by atoms with van der Waals surface area (Å²) in [6, 6.07) is 11.5. The number of hydrogen-bond acceptors (Lipinski definition) is 5. The van der Waals surface area contributed by atoms with Crippen LogP contribution in [-0.4, -0.2) is 32.7 Å². The highest BCUT2D eigenvalue weighted by Crippen LogP contribution is 2.24. The molecule has 0 spiro atoms. The molecule has 138 valence electrons. The molecule has 0 bridgehead atoms. The number of aromatic nitrogens is 3. The van der Waals surface area contributed by atoms with Gasteiger partial charge in [-0.15, -0.1) is 0 Å². The number of benzene rings is 2. The van der Waals surface area contributed by atoms with Crippen molar-refractivity contribution in [3.8, 4) is 5.69 Å². The first kappa shape index (κ1) is 18.6. The quantitative estimate of drug-likeness (QED) is 0.677. The van der Waals surface area contributed by atoms with Gasteiger partial charge in [0.25, 0.3) is 5.91 Å². The molecule has 0 atom stereocenters. The van der Waals surface area contributed by atoms with Crippen LogP contribution in [-0.2, 0) is 4.74 Å². The monoisotopic (exact) mass is 384 g/mol. The fourth-order valence-corrected chi connectivity index (χ4v) is 2.68. The molecule has 3 aromatic rings. The van der Waals surface area contributed by atoms with Crippen molar-refractivity contribution in [3.63, 3.8) is 0 Å². The summed E-state index contributed by atoms with van der Waals surface area (Å²) >= 11 is 6.24. The first-order valence-electron chi connectivity index (χ1n) is 8.21. The van der Waals surface area contributed by atoms with Gasteiger partial charge in [0.2, 0.25) is 0 Å². The Balaban J connectivity index is 1.81. The number of esters is 1. The minimum Gasteiger partial charge on any atom is -0.459 e. The Bertz CT molecular complexity index is 954. The summed E-state index contributed by atoms with van der Waals surface area (Å²) < 4.78 is 6.60. The Morgan fingerprint density at radius 3 is 2.52 bits per heavy atom. The topological polar surface area (TPSA) is 86.1 Å². The van der Waals surface area contributed by atoms with Crippen LogP contribution in [0.25, 0.3) is 5.69 Å². The van der Waals surface area contributed by atoms with E-state index in [0.29, 0.717) is 16.9 Å². The normalized spacial score (nSPS) is 10.7. The van der Waals surface area contributed by atoms with Gasteiger partial charge in [-0.05, 0) is 50.2 Å². The Kier molecular flexibility index (Phi) is 5.52. The highest BCUT2D eigenvalue weighted by atomic mass is 35.5. The molecule has 0 fully saturated rings. The van der Waals surface area contributed by atoms with Crippen LogP contribution in [0.1, 0.15) is 34.6 Å². The van der Waals surface area contributed by atoms with Crippen LogP contribution in [0.4, 0.5) is 5.69 Å². The second kappa shape index (κ2) is 8.01. The molecule has 3 rings (SSSR count). The van der Waals surface area contributed by atoms with Crippen LogP contribution in [0.2, 0.25) is 5.02 Å². The standard InChI is InChI=1S/C19H17ClN4O3/c1-12(2)27-19(26)13-6-8-14(9-7-13)23-18(25)17-15(20)4-3-5-16(17)24-11-21-10-22-24/h3-12H,1-2H3,(H,23,25). The molecule has 1 amide bonds. The fraction of sp³-hybridized carbons (Fsp3) is 0.158. The van der Waals surface area contributed by atoms with E-state index in [1.807, 2.05) is 0 Å². The summed E-state index contributed by atoms with van der Waals surface area (Å²) in [6.07, 6.45) is 2.65. The zero-order valence-electron chi connectivity index (χ0n) is 14.7. The fourth-order valence-electron chi connectivity index (χ4n) is 2.43. The lowest BCUT2D eigenvalue weighted by Crippen LogP contribution is -2.16. The summed E-state index contributed by atoms with van der Waals surface area (Å²) in [5.74, 6) is -0.814. The molecule has 1 heterocycles. The van der Waals surface area contributed by atoms with E-state index in [-0.39, 0.29) is 16.7 Å². The molecule has 1 N–H and O–H groups in total. The molecule has 0 saturated carbocycles. The number of rotatable bonds is 5. The molecule has 0 saturated heterocycles. The van der Waals surface area contributed by atoms with Crippen LogP contribution in [0.3, 0.4) is 0 Å². The smallest absolute Gasteiger partial charge is 0.338 e. The number of anilines is 1. The highest BCUT2D eigenvalue weighted by Gasteiger charge is 2.18. The molecule has 0 radical (unpaired) electrons. The summed E-state index contributed by atoms with van der Waals surface area (Å²) in [5.41, 5.74) is 1.70. The lowest BCUT2D eigenvalue weighted by Gasteiger charge is -2.12. The maximum absolute atomic E-state index is 12.8. The van der Waals surface area contributed by atoms with Crippen LogP contribution < -0.4 is 5.32 Å². The predicted molar refractivity (Wildman–Crippen MR) is 101 cm³/mol. The molecule has 1 aromatic heterocycles. The number of carbonyl (C=O) groups is 2. The minimum atomic E-state index is -0.414. The van der Waals surface area contributed by atoms with E-state index in [4.69, 9.17) is 16.3 Å². The lowest BCUT2D eigenvalue weighted by molar-refractivity contribution is 0.0378. The molecule has 0 aliphatic carbocycles. The van der Waals surface area contributed by atoms with Gasteiger partial charge in [0.1, 0.15) is 12.7 Å². The molecular formula is C19H17ClN4O3. The predicted octanol–water partition coefficient (Wildman–Crippen LogP) is 3.74. The minimum absolute atomic E-state index is 0.202. The van der Waals surface area contributed by atoms with Gasteiger partial charge in [0.15, 0.2) is 0 Å². The largest absolute Gasteiger partial charge is 0.459 e. The molecule has 27 heavy (non-hydrogen) atoms. The van der Waals surface area contributed by atoms with Crippen LogP contribution in [0.15, 0.2) is 55.1 Å². The van der Waals surface area contributed by atoms with Crippen molar-refractivity contribution in [2.24, 2.45) is 0 Å². The average molecular weight is 385 g/mol. The number of nitrogens with zero attached hydrogens (tertiary/aromatic N) is 3. The first-order chi connectivity index (χ1) is 13.0. The van der Waals surface area contributed by atoms with Gasteiger partial charge < -0.3 is 10.1 Å². The Morgan fingerprint density at radius 2 is 1.89 bits per heavy atom. The summed E-state index contributed by atoms with van der Waals surface area (Å²) in [5, 5.41) is 7.11. The van der Waals surface area contributed by atoms with Gasteiger partial charge in [-0.3, -0.25) is 4.79 Å². The van der Waals surface area contributed by atoms with Crippen molar-refractivity contribution >= 4 is 29.2 Å². The molecule has 7 nitrogen and oxygen atoms in total. The van der Waals surface area contributed by atoms with Gasteiger partial charge in [-0.2, -0.15) is 5.10 Å². The number of carbonyl (C=O) groups excluding carboxylic acids is 2. The number of halogens is 1. The zero-order valence-corrected chi connectivity index (χ0v) is 15.5. The highest BCUT2D eigenvalue weighted by molar-refractivity contribution is 6.35. The molecule has 0 aliphatic heterocycles. The molecule has 0 aliphatic rings. The maximum atomic E-state index is 12.8. The van der Waals surface area contributed by atoms with Gasteiger partial charge in [-0.1, -0.05) is 17.7 Å². The Morgan fingerprint density at radius 1 is 1.15 bits per heavy atom. The lowest BCUT2D eigenvalue weighted by atomic mass is 10.1. The maximum Gasteiger partial charge on any atom is 0.338 e. The second-order valence-corrected chi connectivity index (χ2v) is 6.37. The van der Waals surface area contributed by atoms with Gasteiger partial charge in [-0.25, -0.2) is 14.5 Å². The van der Waals surface area contributed by atoms with Gasteiger partial charge in [0, 0.05) is 5.69 Å². The van der Waals surface area contributed by atoms with Gasteiger partial charge in [0.05, 0.1) is 27.9 Å². The van der Waals surface area contributed by atoms with Crippen molar-refractivity contribution in [2.45, 2.75) is 20.0 Å². The van der Waals surface area contributed by atoms with Gasteiger partial charge >= 0.3 is 5.97 Å². The molecule has 0 unspecified atom stereocenters. The first-order valence-corrected chi connectivity index (χ1v) is 8.59. The van der Waals surface area contributed by atoms with Crippen molar-refractivity contribution in [3.05, 3.63) is 71.3 Å². The number of hydrogen-bond donors (Lipinski definition) is 1. The average Bonchev–Trinajstić information content (AvgIpc) is 3.16. The van der Waals surface area contributed by atoms with Crippen LogP contribution in [0, 0.1) is 0 Å². The summed E-state index contributed by atoms with van der Waals surface area (Å²) in [4.78, 5) is 28.5. The zero-order chi connectivity index (χ0) is 19.4. The number of amides is 1. The van der Waals surface area contributed by atoms with Crippen LogP contribution >= 0.6 is 11.6 Å². The van der Waals surface area contributed by atoms with Crippen LogP contribution in [0.5, 0.6) is 0 Å². The van der Waals surface area contributed by atoms with E-state index in [9.17, 15) is 9.59 Å². The van der Waals surface area contributed by atoms with E-state index in [2.05, 4.69) is 15.4 Å². The number of nitrogens with one attached hydrogen (secondary N) is 1. The van der Waals surface area contributed by atoms with E-state index < -0.39 is 11.9 Å².